The lowest BCUT2D eigenvalue weighted by atomic mass is 9.95. The molecule has 0 aliphatic carbocycles. The van der Waals surface area contributed by atoms with Crippen molar-refractivity contribution >= 4 is 59.1 Å². The summed E-state index contributed by atoms with van der Waals surface area (Å²) in [5.74, 6) is -6.28. The van der Waals surface area contributed by atoms with Crippen LogP contribution in [0.1, 0.15) is 155 Å². The van der Waals surface area contributed by atoms with E-state index in [1.54, 1.807) is 58.9 Å². The van der Waals surface area contributed by atoms with Crippen LogP contribution in [0.3, 0.4) is 0 Å². The van der Waals surface area contributed by atoms with E-state index in [4.69, 9.17) is 9.47 Å². The molecule has 1 heterocycles. The van der Waals surface area contributed by atoms with Crippen molar-refractivity contribution in [3.05, 3.63) is 29.8 Å². The van der Waals surface area contributed by atoms with Crippen LogP contribution >= 0.6 is 0 Å². The molecule has 1 saturated heterocycles. The Morgan fingerprint density at radius 2 is 1.24 bits per heavy atom. The zero-order valence-electron chi connectivity index (χ0n) is 57.6. The topological polar surface area (TPSA) is 239 Å². The van der Waals surface area contributed by atoms with E-state index in [0.717, 1.165) is 5.56 Å². The van der Waals surface area contributed by atoms with E-state index in [1.807, 2.05) is 81.4 Å². The predicted octanol–water partition coefficient (Wildman–Crippen LogP) is 5.33. The van der Waals surface area contributed by atoms with E-state index in [1.165, 1.54) is 97.4 Å². The summed E-state index contributed by atoms with van der Waals surface area (Å²) in [6.07, 6.45) is 0.402. The molecule has 494 valence electrons. The molecule has 2 N–H and O–H groups in total. The third-order valence-corrected chi connectivity index (χ3v) is 16.7. The van der Waals surface area contributed by atoms with E-state index in [2.05, 4.69) is 10.6 Å². The summed E-state index contributed by atoms with van der Waals surface area (Å²) in [7, 11) is 14.0. The van der Waals surface area contributed by atoms with Crippen LogP contribution in [-0.4, -0.2) is 234 Å². The van der Waals surface area contributed by atoms with Crippen LogP contribution in [0.5, 0.6) is 5.75 Å². The Hall–Kier alpha value is -6.32. The molecule has 0 bridgehead atoms. The molecule has 1 fully saturated rings. The van der Waals surface area contributed by atoms with Crippen molar-refractivity contribution < 1.29 is 57.4 Å². The Kier molecular flexibility index (Phi) is 29.9. The fourth-order valence-electron chi connectivity index (χ4n) is 11.1. The maximum atomic E-state index is 15.2. The van der Waals surface area contributed by atoms with Gasteiger partial charge in [0.25, 0.3) is 5.91 Å². The van der Waals surface area contributed by atoms with Gasteiger partial charge >= 0.3 is 5.97 Å². The van der Waals surface area contributed by atoms with Gasteiger partial charge in [-0.15, -0.1) is 0 Å². The molecular weight excluding hydrogens is 1110 g/mol. The number of rotatable bonds is 20. The zero-order chi connectivity index (χ0) is 67.0. The van der Waals surface area contributed by atoms with E-state index in [9.17, 15) is 38.4 Å². The van der Waals surface area contributed by atoms with Crippen LogP contribution in [0, 0.1) is 29.6 Å². The Morgan fingerprint density at radius 3 is 1.74 bits per heavy atom. The number of nitrogens with zero attached hydrogens (tertiary/aromatic N) is 8. The largest absolute Gasteiger partial charge is 0.488 e. The van der Waals surface area contributed by atoms with E-state index in [0.29, 0.717) is 18.6 Å². The standard InChI is InChI=1S/C65H112N10O12/c1-26-42(10)53-56(77)66-43(11)57(78)73(23)50(35-38(2)3)55(76)67-48(37-46-30-32-47(33-31-46)87-65(14,15)16)60(81)69(19)34-28-27-29-49(61(82)70(20)45(13)59(80)75(53)25)72(22)62(83)51(36-39(4)5)74(24)58(79)44(12)71(21)63(84)54(41(8)9)86-64(85)52(40(6)7)68(17)18/h30-33,38-45,48-54H,26-29,34-37H2,1-25H3,(H,66,77)(H,67,76)/t42-,43-,44-,45-,48-,49-,50-,51-,52-,53-,54+/m0/s1. The van der Waals surface area contributed by atoms with Gasteiger partial charge in [-0.2, -0.15) is 0 Å². The number of hydrogen-bond donors (Lipinski definition) is 2. The molecule has 22 nitrogen and oxygen atoms in total. The minimum Gasteiger partial charge on any atom is -0.488 e. The number of benzene rings is 1. The number of esters is 1. The lowest BCUT2D eigenvalue weighted by molar-refractivity contribution is -0.169. The van der Waals surface area contributed by atoms with Gasteiger partial charge in [-0.25, -0.2) is 0 Å². The molecule has 0 saturated carbocycles. The average Bonchev–Trinajstić information content (AvgIpc) is 3.64. The van der Waals surface area contributed by atoms with Crippen LogP contribution < -0.4 is 15.4 Å². The van der Waals surface area contributed by atoms with Gasteiger partial charge in [0.15, 0.2) is 6.10 Å². The van der Waals surface area contributed by atoms with Gasteiger partial charge in [0.1, 0.15) is 65.7 Å². The maximum Gasteiger partial charge on any atom is 0.324 e. The van der Waals surface area contributed by atoms with Crippen LogP contribution in [0.25, 0.3) is 0 Å². The predicted molar refractivity (Wildman–Crippen MR) is 338 cm³/mol. The summed E-state index contributed by atoms with van der Waals surface area (Å²) in [6.45, 7) is 29.1. The summed E-state index contributed by atoms with van der Waals surface area (Å²) in [6, 6.07) is -2.43. The van der Waals surface area contributed by atoms with Gasteiger partial charge in [-0.3, -0.25) is 52.8 Å². The summed E-state index contributed by atoms with van der Waals surface area (Å²) < 4.78 is 11.9. The summed E-state index contributed by atoms with van der Waals surface area (Å²) in [5.41, 5.74) is 0.268. The second-order valence-electron chi connectivity index (χ2n) is 27.0. The van der Waals surface area contributed by atoms with Crippen molar-refractivity contribution in [2.24, 2.45) is 29.6 Å². The molecule has 2 rings (SSSR count). The summed E-state index contributed by atoms with van der Waals surface area (Å²) in [4.78, 5) is 157. The zero-order valence-corrected chi connectivity index (χ0v) is 57.6. The Bertz CT molecular complexity index is 2490. The first-order chi connectivity index (χ1) is 40.1. The molecule has 1 aromatic rings. The second kappa shape index (κ2) is 33.9. The third kappa shape index (κ3) is 21.5. The highest BCUT2D eigenvalue weighted by Gasteiger charge is 2.44. The number of hydrogen-bond acceptors (Lipinski definition) is 13. The van der Waals surface area contributed by atoms with Gasteiger partial charge in [0, 0.05) is 62.3 Å². The number of carbonyl (C=O) groups is 10. The van der Waals surface area contributed by atoms with E-state index in [-0.39, 0.29) is 56.4 Å². The molecule has 0 spiro atoms. The molecule has 22 heteroatoms. The van der Waals surface area contributed by atoms with Gasteiger partial charge < -0.3 is 54.4 Å². The fraction of sp³-hybridized carbons (Fsp3) is 0.754. The SMILES string of the molecule is CC[C@H](C)[C@H]1C(=O)N[C@@H](C)C(=O)N(C)[C@@H](CC(C)C)C(=O)N[C@@H](Cc2ccc(OC(C)(C)C)cc2)C(=O)N(C)CCCC[C@H](N(C)C(=O)[C@H](CC(C)C)N(C)C(=O)[C@H](C)N(C)C(=O)[C@H](OC(=O)[C@H](C(C)C)N(C)C)C(C)C)C(=O)N(C)[C@@H](C)C(=O)N1C. The van der Waals surface area contributed by atoms with Crippen molar-refractivity contribution in [1.29, 1.82) is 0 Å². The van der Waals surface area contributed by atoms with Crippen LogP contribution in [0.4, 0.5) is 0 Å². The highest BCUT2D eigenvalue weighted by Crippen LogP contribution is 2.25. The van der Waals surface area contributed by atoms with Crippen molar-refractivity contribution in [3.63, 3.8) is 0 Å². The van der Waals surface area contributed by atoms with Gasteiger partial charge in [-0.05, 0) is 135 Å². The molecule has 0 aromatic heterocycles. The molecule has 0 radical (unpaired) electrons. The van der Waals surface area contributed by atoms with Crippen molar-refractivity contribution in [1.82, 2.24) is 49.8 Å². The number of ether oxygens (including phenoxy) is 2. The Morgan fingerprint density at radius 1 is 0.667 bits per heavy atom. The highest BCUT2D eigenvalue weighted by atomic mass is 16.6. The highest BCUT2D eigenvalue weighted by molar-refractivity contribution is 5.98. The lowest BCUT2D eigenvalue weighted by Crippen LogP contribution is -2.61. The molecule has 1 aromatic carbocycles. The molecule has 1 aliphatic rings. The third-order valence-electron chi connectivity index (χ3n) is 16.7. The van der Waals surface area contributed by atoms with E-state index < -0.39 is 137 Å². The first-order valence-electron chi connectivity index (χ1n) is 31.2. The smallest absolute Gasteiger partial charge is 0.324 e. The lowest BCUT2D eigenvalue weighted by Gasteiger charge is -2.40. The quantitative estimate of drug-likeness (QED) is 0.157. The summed E-state index contributed by atoms with van der Waals surface area (Å²) in [5, 5.41) is 5.81. The van der Waals surface area contributed by atoms with Crippen LogP contribution in [-0.2, 0) is 59.1 Å². The van der Waals surface area contributed by atoms with Gasteiger partial charge in [0.05, 0.1) is 0 Å². The normalized spacial score (nSPS) is 22.3. The minimum absolute atomic E-state index is 0.0564. The van der Waals surface area contributed by atoms with Gasteiger partial charge in [0.2, 0.25) is 47.3 Å². The van der Waals surface area contributed by atoms with E-state index >= 15 is 9.59 Å². The first-order valence-corrected chi connectivity index (χ1v) is 31.2. The van der Waals surface area contributed by atoms with Crippen molar-refractivity contribution in [2.75, 3.05) is 70.0 Å². The fourth-order valence-corrected chi connectivity index (χ4v) is 11.1. The number of amides is 9. The average molecular weight is 1230 g/mol. The Labute approximate surface area is 521 Å². The van der Waals surface area contributed by atoms with Crippen molar-refractivity contribution in [3.8, 4) is 5.75 Å². The molecule has 1 aliphatic heterocycles. The molecule has 9 amide bonds. The molecule has 11 atom stereocenters. The molecular formula is C65H112N10O12. The first kappa shape index (κ1) is 76.8. The number of likely N-dealkylation sites (N-methyl/N-ethyl adjacent to an activating group) is 8. The molecule has 0 unspecified atom stereocenters. The van der Waals surface area contributed by atoms with Crippen LogP contribution in [0.15, 0.2) is 24.3 Å². The monoisotopic (exact) mass is 1220 g/mol. The Balaban J connectivity index is 2.80. The number of carbonyl (C=O) groups excluding carboxylic acids is 10. The van der Waals surface area contributed by atoms with Crippen LogP contribution in [0.2, 0.25) is 0 Å². The second-order valence-corrected chi connectivity index (χ2v) is 27.0. The minimum atomic E-state index is -1.22. The summed E-state index contributed by atoms with van der Waals surface area (Å²) >= 11 is 0. The van der Waals surface area contributed by atoms with Gasteiger partial charge in [-0.1, -0.05) is 87.8 Å². The number of nitrogens with one attached hydrogen (secondary N) is 2. The van der Waals surface area contributed by atoms with Crippen molar-refractivity contribution in [2.45, 2.75) is 222 Å². The maximum absolute atomic E-state index is 15.2. The molecule has 87 heavy (non-hydrogen) atoms.